The molecule has 0 saturated carbocycles. The molecule has 0 aliphatic rings. The van der Waals surface area contributed by atoms with Crippen molar-refractivity contribution in [2.45, 2.75) is 6.92 Å². The molecule has 0 rings (SSSR count). The van der Waals surface area contributed by atoms with Gasteiger partial charge in [0.05, 0.1) is 0 Å². The summed E-state index contributed by atoms with van der Waals surface area (Å²) in [7, 11) is -2.17. The highest BCUT2D eigenvalue weighted by molar-refractivity contribution is 6.30. The number of rotatable bonds is 0. The summed E-state index contributed by atoms with van der Waals surface area (Å²) < 4.78 is 0. The SMILES string of the molecule is C=CC.OB(O)O. The standard InChI is InChI=1S/C3H6.BH3O3/c1-3-2;2-1(3)4/h3H,1H2,2H3;2-4H. The van der Waals surface area contributed by atoms with Gasteiger partial charge in [-0.15, -0.1) is 6.58 Å². The molecular weight excluding hydrogens is 94.8 g/mol. The zero-order valence-corrected chi connectivity index (χ0v) is 4.20. The molecule has 0 aliphatic heterocycles. The first-order valence-corrected chi connectivity index (χ1v) is 1.76. The van der Waals surface area contributed by atoms with E-state index in [1.807, 2.05) is 6.92 Å². The highest BCUT2D eigenvalue weighted by Gasteiger charge is 1.92. The fraction of sp³-hybridized carbons (Fsp3) is 0.333. The van der Waals surface area contributed by atoms with Crippen molar-refractivity contribution in [1.29, 1.82) is 0 Å². The van der Waals surface area contributed by atoms with E-state index in [1.165, 1.54) is 0 Å². The Morgan fingerprint density at radius 3 is 1.43 bits per heavy atom. The fourth-order valence-electron chi connectivity index (χ4n) is 0. The van der Waals surface area contributed by atoms with Gasteiger partial charge in [0.2, 0.25) is 0 Å². The normalized spacial score (nSPS) is 5.71. The Morgan fingerprint density at radius 2 is 1.43 bits per heavy atom. The molecule has 0 bridgehead atoms. The molecule has 0 heterocycles. The Labute approximate surface area is 43.1 Å². The van der Waals surface area contributed by atoms with Gasteiger partial charge in [0.15, 0.2) is 0 Å². The van der Waals surface area contributed by atoms with Gasteiger partial charge in [0.1, 0.15) is 0 Å². The molecular formula is C3H9BO3. The third-order valence-electron chi connectivity index (χ3n) is 0. The van der Waals surface area contributed by atoms with Crippen LogP contribution >= 0.6 is 0 Å². The summed E-state index contributed by atoms with van der Waals surface area (Å²) in [6.45, 7) is 5.25. The van der Waals surface area contributed by atoms with E-state index in [4.69, 9.17) is 15.1 Å². The molecule has 0 aromatic rings. The first-order valence-electron chi connectivity index (χ1n) is 1.76. The van der Waals surface area contributed by atoms with E-state index in [0.29, 0.717) is 0 Å². The van der Waals surface area contributed by atoms with Gasteiger partial charge in [-0.05, 0) is 6.92 Å². The van der Waals surface area contributed by atoms with Crippen LogP contribution in [-0.2, 0) is 0 Å². The molecule has 7 heavy (non-hydrogen) atoms. The smallest absolute Gasteiger partial charge is 0.402 e. The lowest BCUT2D eigenvalue weighted by Gasteiger charge is -1.69. The Balaban J connectivity index is 0. The van der Waals surface area contributed by atoms with Crippen molar-refractivity contribution in [3.05, 3.63) is 12.7 Å². The summed E-state index contributed by atoms with van der Waals surface area (Å²) in [4.78, 5) is 0. The van der Waals surface area contributed by atoms with Gasteiger partial charge < -0.3 is 15.1 Å². The summed E-state index contributed by atoms with van der Waals surface area (Å²) in [5, 5.41) is 21.5. The van der Waals surface area contributed by atoms with Gasteiger partial charge in [-0.1, -0.05) is 6.08 Å². The maximum Gasteiger partial charge on any atom is 0.631 e. The molecule has 0 aliphatic carbocycles. The minimum atomic E-state index is -2.17. The van der Waals surface area contributed by atoms with Gasteiger partial charge >= 0.3 is 7.32 Å². The van der Waals surface area contributed by atoms with Gasteiger partial charge in [-0.3, -0.25) is 0 Å². The van der Waals surface area contributed by atoms with Crippen molar-refractivity contribution >= 4 is 7.32 Å². The average Bonchev–Trinajstić information content (AvgIpc) is 1.33. The Bertz CT molecular complexity index is 34.4. The fourth-order valence-corrected chi connectivity index (χ4v) is 0. The topological polar surface area (TPSA) is 60.7 Å². The van der Waals surface area contributed by atoms with Crippen LogP contribution in [0.5, 0.6) is 0 Å². The minimum absolute atomic E-state index is 1.75. The van der Waals surface area contributed by atoms with Crippen LogP contribution in [0.2, 0.25) is 0 Å². The Morgan fingerprint density at radius 1 is 1.43 bits per heavy atom. The van der Waals surface area contributed by atoms with E-state index in [2.05, 4.69) is 6.58 Å². The van der Waals surface area contributed by atoms with Crippen molar-refractivity contribution in [2.24, 2.45) is 0 Å². The number of allylic oxidation sites excluding steroid dienone is 1. The van der Waals surface area contributed by atoms with E-state index in [9.17, 15) is 0 Å². The van der Waals surface area contributed by atoms with Crippen LogP contribution in [0.15, 0.2) is 12.7 Å². The van der Waals surface area contributed by atoms with E-state index < -0.39 is 7.32 Å². The molecule has 0 unspecified atom stereocenters. The zero-order valence-electron chi connectivity index (χ0n) is 4.20. The van der Waals surface area contributed by atoms with Crippen LogP contribution in [0.1, 0.15) is 6.92 Å². The third kappa shape index (κ3) is 778. The monoisotopic (exact) mass is 104 g/mol. The number of hydrogen-bond acceptors (Lipinski definition) is 3. The van der Waals surface area contributed by atoms with E-state index in [1.54, 1.807) is 6.08 Å². The van der Waals surface area contributed by atoms with Gasteiger partial charge in [0.25, 0.3) is 0 Å². The Kier molecular flexibility index (Phi) is 12.9. The lowest BCUT2D eigenvalue weighted by atomic mass is 10.3. The van der Waals surface area contributed by atoms with Gasteiger partial charge in [-0.2, -0.15) is 0 Å². The second-order valence-electron chi connectivity index (χ2n) is 0.755. The van der Waals surface area contributed by atoms with Crippen molar-refractivity contribution in [3.63, 3.8) is 0 Å². The molecule has 0 aromatic carbocycles. The summed E-state index contributed by atoms with van der Waals surface area (Å²) in [5.74, 6) is 0. The summed E-state index contributed by atoms with van der Waals surface area (Å²) in [6, 6.07) is 0. The lowest BCUT2D eigenvalue weighted by Crippen LogP contribution is -2.07. The molecule has 0 fully saturated rings. The van der Waals surface area contributed by atoms with Crippen LogP contribution in [0.25, 0.3) is 0 Å². The van der Waals surface area contributed by atoms with Crippen LogP contribution in [0.4, 0.5) is 0 Å². The predicted octanol–water partition coefficient (Wildman–Crippen LogP) is -0.860. The third-order valence-corrected chi connectivity index (χ3v) is 0. The summed E-state index contributed by atoms with van der Waals surface area (Å²) in [6.07, 6.45) is 1.75. The molecule has 4 heteroatoms. The van der Waals surface area contributed by atoms with E-state index >= 15 is 0 Å². The first-order chi connectivity index (χ1) is 3.15. The molecule has 0 radical (unpaired) electrons. The highest BCUT2D eigenvalue weighted by Crippen LogP contribution is 1.40. The number of hydrogen-bond donors (Lipinski definition) is 3. The van der Waals surface area contributed by atoms with E-state index in [0.717, 1.165) is 0 Å². The van der Waals surface area contributed by atoms with Crippen molar-refractivity contribution < 1.29 is 15.1 Å². The van der Waals surface area contributed by atoms with Crippen LogP contribution in [-0.4, -0.2) is 22.4 Å². The summed E-state index contributed by atoms with van der Waals surface area (Å²) >= 11 is 0. The zero-order chi connectivity index (χ0) is 6.28. The highest BCUT2D eigenvalue weighted by atomic mass is 16.5. The molecule has 0 aromatic heterocycles. The van der Waals surface area contributed by atoms with Crippen molar-refractivity contribution in [1.82, 2.24) is 0 Å². The minimum Gasteiger partial charge on any atom is -0.402 e. The van der Waals surface area contributed by atoms with Gasteiger partial charge in [-0.25, -0.2) is 0 Å². The molecule has 0 atom stereocenters. The Hall–Kier alpha value is -0.315. The maximum atomic E-state index is 7.17. The van der Waals surface area contributed by atoms with Crippen LogP contribution < -0.4 is 0 Å². The quantitative estimate of drug-likeness (QED) is 0.277. The predicted molar refractivity (Wildman–Crippen MR) is 28.3 cm³/mol. The first kappa shape index (κ1) is 9.84. The lowest BCUT2D eigenvalue weighted by molar-refractivity contribution is 0.278. The summed E-state index contributed by atoms with van der Waals surface area (Å²) in [5.41, 5.74) is 0. The van der Waals surface area contributed by atoms with Crippen LogP contribution in [0.3, 0.4) is 0 Å². The molecule has 0 saturated heterocycles. The second kappa shape index (κ2) is 9.19. The van der Waals surface area contributed by atoms with Gasteiger partial charge in [0, 0.05) is 0 Å². The molecule has 0 spiro atoms. The molecule has 3 nitrogen and oxygen atoms in total. The molecule has 42 valence electrons. The average molecular weight is 104 g/mol. The van der Waals surface area contributed by atoms with Crippen LogP contribution in [0, 0.1) is 0 Å². The largest absolute Gasteiger partial charge is 0.631 e. The maximum absolute atomic E-state index is 7.17. The second-order valence-corrected chi connectivity index (χ2v) is 0.755. The van der Waals surface area contributed by atoms with Crippen molar-refractivity contribution in [3.8, 4) is 0 Å². The molecule has 0 amide bonds. The van der Waals surface area contributed by atoms with Crippen molar-refractivity contribution in [2.75, 3.05) is 0 Å². The molecule has 3 N–H and O–H groups in total. The van der Waals surface area contributed by atoms with E-state index in [-0.39, 0.29) is 0 Å².